The van der Waals surface area contributed by atoms with Gasteiger partial charge < -0.3 is 24.6 Å². The van der Waals surface area contributed by atoms with Crippen LogP contribution in [-0.4, -0.2) is 58.8 Å². The van der Waals surface area contributed by atoms with Gasteiger partial charge in [-0.15, -0.1) is 0 Å². The zero-order valence-corrected chi connectivity index (χ0v) is 21.5. The zero-order valence-electron chi connectivity index (χ0n) is 21.5. The molecule has 0 spiro atoms. The van der Waals surface area contributed by atoms with Gasteiger partial charge in [-0.1, -0.05) is 31.9 Å². The normalized spacial score (nSPS) is 11.8. The number of unbranched alkanes of at least 4 members (excludes halogenated alkanes) is 9. The van der Waals surface area contributed by atoms with Crippen LogP contribution in [0.2, 0.25) is 0 Å². The monoisotopic (exact) mass is 483 g/mol. The first-order valence-electron chi connectivity index (χ1n) is 13.4. The molecule has 0 saturated carbocycles. The molecular formula is C27H49NO6. The quantitative estimate of drug-likeness (QED) is 0.108. The fraction of sp³-hybridized carbons (Fsp3) is 0.815. The topological polar surface area (TPSA) is 115 Å². The van der Waals surface area contributed by atoms with Crippen LogP contribution in [0, 0.1) is 0 Å². The number of carboxylic acids is 3. The summed E-state index contributed by atoms with van der Waals surface area (Å²) in [5.74, 6) is -2.59. The fourth-order valence-corrected chi connectivity index (χ4v) is 4.47. The fourth-order valence-electron chi connectivity index (χ4n) is 4.47. The highest BCUT2D eigenvalue weighted by molar-refractivity contribution is 5.66. The summed E-state index contributed by atoms with van der Waals surface area (Å²) >= 11 is 0. The zero-order chi connectivity index (χ0) is 25.5. The number of hydrogen-bond donors (Lipinski definition) is 2. The molecule has 2 N–H and O–H groups in total. The average Bonchev–Trinajstić information content (AvgIpc) is 2.78. The summed E-state index contributed by atoms with van der Waals surface area (Å²) in [7, 11) is 0. The molecule has 0 rings (SSSR count). The molecule has 0 radical (unpaired) electrons. The van der Waals surface area contributed by atoms with Crippen molar-refractivity contribution in [1.82, 2.24) is 0 Å². The molecule has 7 nitrogen and oxygen atoms in total. The largest absolute Gasteiger partial charge is 0.550 e. The number of rotatable bonds is 25. The lowest BCUT2D eigenvalue weighted by Gasteiger charge is -2.39. The molecule has 34 heavy (non-hydrogen) atoms. The van der Waals surface area contributed by atoms with Crippen molar-refractivity contribution in [3.8, 4) is 0 Å². The minimum absolute atomic E-state index is 0.0582. The Morgan fingerprint density at radius 1 is 0.618 bits per heavy atom. The predicted octanol–water partition coefficient (Wildman–Crippen LogP) is 4.93. The summed E-state index contributed by atoms with van der Waals surface area (Å²) < 4.78 is 0.832. The van der Waals surface area contributed by atoms with E-state index in [1.165, 1.54) is 19.3 Å². The Morgan fingerprint density at radius 2 is 1.03 bits per heavy atom. The van der Waals surface area contributed by atoms with Crippen LogP contribution in [0.5, 0.6) is 0 Å². The minimum Gasteiger partial charge on any atom is -0.550 e. The van der Waals surface area contributed by atoms with E-state index in [-0.39, 0.29) is 19.3 Å². The van der Waals surface area contributed by atoms with Crippen LogP contribution < -0.4 is 5.11 Å². The summed E-state index contributed by atoms with van der Waals surface area (Å²) in [5.41, 5.74) is 0. The lowest BCUT2D eigenvalue weighted by molar-refractivity contribution is -0.929. The Kier molecular flexibility index (Phi) is 20.4. The van der Waals surface area contributed by atoms with Crippen molar-refractivity contribution in [2.45, 2.75) is 116 Å². The first kappa shape index (κ1) is 32.1. The van der Waals surface area contributed by atoms with Crippen molar-refractivity contribution >= 4 is 17.9 Å². The molecule has 0 aromatic rings. The van der Waals surface area contributed by atoms with Crippen molar-refractivity contribution < 1.29 is 34.2 Å². The smallest absolute Gasteiger partial charge is 0.303 e. The van der Waals surface area contributed by atoms with Gasteiger partial charge in [0, 0.05) is 18.8 Å². The van der Waals surface area contributed by atoms with Gasteiger partial charge in [0.1, 0.15) is 0 Å². The summed E-state index contributed by atoms with van der Waals surface area (Å²) in [6.45, 7) is 5.77. The second-order valence-corrected chi connectivity index (χ2v) is 9.58. The first-order valence-corrected chi connectivity index (χ1v) is 13.4. The van der Waals surface area contributed by atoms with Gasteiger partial charge in [-0.3, -0.25) is 9.59 Å². The standard InChI is InChI=1S/C27H49NO6/c1-2-3-4-5-6-7-8-9-10-14-21-28(22-15-11-18-25(29)30,23-16-12-19-26(31)32)24-17-13-20-27(33)34/h6-7H,2-5,8-24H2,1H3,(H2-,29,30,31,32,33,34)/b7-6+. The van der Waals surface area contributed by atoms with Gasteiger partial charge in [-0.2, -0.15) is 0 Å². The van der Waals surface area contributed by atoms with E-state index in [1.807, 2.05) is 0 Å². The minimum atomic E-state index is -1.02. The molecule has 0 aromatic heterocycles. The summed E-state index contributed by atoms with van der Waals surface area (Å²) in [6, 6.07) is 0. The maximum Gasteiger partial charge on any atom is 0.303 e. The molecule has 0 atom stereocenters. The first-order chi connectivity index (χ1) is 16.3. The third-order valence-corrected chi connectivity index (χ3v) is 6.45. The predicted molar refractivity (Wildman–Crippen MR) is 133 cm³/mol. The van der Waals surface area contributed by atoms with Crippen LogP contribution in [0.25, 0.3) is 0 Å². The number of hydrogen-bond acceptors (Lipinski definition) is 4. The SMILES string of the molecule is CCCCC/C=C/CCCCC[N+](CCCCC(=O)[O-])(CCCCC(=O)O)CCCCC(=O)O. The van der Waals surface area contributed by atoms with E-state index in [2.05, 4.69) is 19.1 Å². The van der Waals surface area contributed by atoms with Crippen LogP contribution >= 0.6 is 0 Å². The van der Waals surface area contributed by atoms with Gasteiger partial charge in [-0.25, -0.2) is 0 Å². The summed E-state index contributed by atoms with van der Waals surface area (Å²) in [5, 5.41) is 28.8. The highest BCUT2D eigenvalue weighted by atomic mass is 16.4. The molecule has 0 saturated heterocycles. The van der Waals surface area contributed by atoms with E-state index in [9.17, 15) is 19.5 Å². The van der Waals surface area contributed by atoms with E-state index >= 15 is 0 Å². The van der Waals surface area contributed by atoms with Crippen molar-refractivity contribution in [2.75, 3.05) is 26.2 Å². The Labute approximate surface area is 206 Å². The van der Waals surface area contributed by atoms with Crippen LogP contribution in [0.1, 0.15) is 116 Å². The van der Waals surface area contributed by atoms with E-state index in [0.717, 1.165) is 82.0 Å². The number of carbonyl (C=O) groups excluding carboxylic acids is 1. The third-order valence-electron chi connectivity index (χ3n) is 6.45. The molecule has 0 aliphatic rings. The van der Waals surface area contributed by atoms with Crippen LogP contribution in [0.4, 0.5) is 0 Å². The van der Waals surface area contributed by atoms with E-state index < -0.39 is 17.9 Å². The molecular weight excluding hydrogens is 434 g/mol. The van der Waals surface area contributed by atoms with Crippen LogP contribution in [-0.2, 0) is 14.4 Å². The number of carboxylic acid groups (broad SMARTS) is 3. The Balaban J connectivity index is 4.81. The molecule has 0 heterocycles. The summed E-state index contributed by atoms with van der Waals surface area (Å²) in [4.78, 5) is 32.6. The number of nitrogens with zero attached hydrogens (tertiary/aromatic N) is 1. The number of carbonyl (C=O) groups is 3. The van der Waals surface area contributed by atoms with Gasteiger partial charge >= 0.3 is 11.9 Å². The van der Waals surface area contributed by atoms with E-state index in [4.69, 9.17) is 10.2 Å². The number of allylic oxidation sites excluding steroid dienone is 2. The Bertz CT molecular complexity index is 520. The van der Waals surface area contributed by atoms with Crippen molar-refractivity contribution in [3.05, 3.63) is 12.2 Å². The molecule has 0 aromatic carbocycles. The molecule has 0 fully saturated rings. The van der Waals surface area contributed by atoms with Crippen molar-refractivity contribution in [2.24, 2.45) is 0 Å². The molecule has 198 valence electrons. The lowest BCUT2D eigenvalue weighted by Crippen LogP contribution is -2.51. The van der Waals surface area contributed by atoms with E-state index in [1.54, 1.807) is 0 Å². The number of aliphatic carboxylic acids is 3. The van der Waals surface area contributed by atoms with Crippen molar-refractivity contribution in [1.29, 1.82) is 0 Å². The van der Waals surface area contributed by atoms with Gasteiger partial charge in [-0.05, 0) is 83.5 Å². The van der Waals surface area contributed by atoms with Gasteiger partial charge in [0.05, 0.1) is 26.2 Å². The Morgan fingerprint density at radius 3 is 1.44 bits per heavy atom. The third kappa shape index (κ3) is 20.7. The maximum absolute atomic E-state index is 10.9. The Hall–Kier alpha value is -1.89. The second kappa shape index (κ2) is 21.6. The molecule has 0 unspecified atom stereocenters. The van der Waals surface area contributed by atoms with Gasteiger partial charge in [0.15, 0.2) is 0 Å². The van der Waals surface area contributed by atoms with Crippen LogP contribution in [0.15, 0.2) is 12.2 Å². The van der Waals surface area contributed by atoms with E-state index in [0.29, 0.717) is 19.3 Å². The molecule has 0 bridgehead atoms. The van der Waals surface area contributed by atoms with Crippen LogP contribution in [0.3, 0.4) is 0 Å². The highest BCUT2D eigenvalue weighted by Crippen LogP contribution is 2.19. The molecule has 0 aliphatic heterocycles. The summed E-state index contributed by atoms with van der Waals surface area (Å²) in [6.07, 6.45) is 18.6. The second-order valence-electron chi connectivity index (χ2n) is 9.58. The molecule has 7 heteroatoms. The van der Waals surface area contributed by atoms with Gasteiger partial charge in [0.25, 0.3) is 0 Å². The van der Waals surface area contributed by atoms with Crippen molar-refractivity contribution in [3.63, 3.8) is 0 Å². The number of quaternary nitrogens is 1. The maximum atomic E-state index is 10.9. The lowest BCUT2D eigenvalue weighted by atomic mass is 10.1. The average molecular weight is 484 g/mol. The molecule has 0 amide bonds. The van der Waals surface area contributed by atoms with Gasteiger partial charge in [0.2, 0.25) is 0 Å². The highest BCUT2D eigenvalue weighted by Gasteiger charge is 2.26. The molecule has 0 aliphatic carbocycles.